The number of carboxylic acid groups (broad SMARTS) is 1. The number of anilines is 1. The first-order chi connectivity index (χ1) is 6.92. The normalized spacial score (nSPS) is 14.3. The van der Waals surface area contributed by atoms with Crippen LogP contribution >= 0.6 is 11.6 Å². The van der Waals surface area contributed by atoms with Gasteiger partial charge in [0.15, 0.2) is 0 Å². The number of halogens is 2. The molecule has 0 radical (unpaired) electrons. The molecule has 0 bridgehead atoms. The molecule has 0 aromatic heterocycles. The van der Waals surface area contributed by atoms with Gasteiger partial charge in [0.25, 0.3) is 0 Å². The number of alkyl halides is 1. The summed E-state index contributed by atoms with van der Waals surface area (Å²) in [6, 6.07) is 6.58. The Kier molecular flexibility index (Phi) is 3.52. The Morgan fingerprint density at radius 3 is 2.53 bits per heavy atom. The lowest BCUT2D eigenvalue weighted by atomic mass is 10.1. The van der Waals surface area contributed by atoms with E-state index in [1.54, 1.807) is 24.3 Å². The van der Waals surface area contributed by atoms with Crippen molar-refractivity contribution in [2.45, 2.75) is 12.6 Å². The summed E-state index contributed by atoms with van der Waals surface area (Å²) in [5.41, 5.74) is -1.65. The number of benzene rings is 1. The maximum atomic E-state index is 13.3. The van der Waals surface area contributed by atoms with E-state index >= 15 is 0 Å². The number of aliphatic carboxylic acids is 1. The summed E-state index contributed by atoms with van der Waals surface area (Å²) in [4.78, 5) is 10.5. The molecule has 82 valence electrons. The van der Waals surface area contributed by atoms with Gasteiger partial charge in [0.05, 0.1) is 6.54 Å². The van der Waals surface area contributed by atoms with Crippen LogP contribution in [-0.4, -0.2) is 23.3 Å². The van der Waals surface area contributed by atoms with Gasteiger partial charge >= 0.3 is 5.97 Å². The van der Waals surface area contributed by atoms with Crippen LogP contribution in [0.15, 0.2) is 24.3 Å². The maximum absolute atomic E-state index is 13.3. The van der Waals surface area contributed by atoms with E-state index in [0.29, 0.717) is 10.7 Å². The average molecular weight is 232 g/mol. The second-order valence-corrected chi connectivity index (χ2v) is 3.80. The first-order valence-electron chi connectivity index (χ1n) is 4.33. The zero-order valence-electron chi connectivity index (χ0n) is 8.13. The topological polar surface area (TPSA) is 49.3 Å². The quantitative estimate of drug-likeness (QED) is 0.837. The highest BCUT2D eigenvalue weighted by Crippen LogP contribution is 2.16. The van der Waals surface area contributed by atoms with Crippen molar-refractivity contribution in [3.63, 3.8) is 0 Å². The van der Waals surface area contributed by atoms with Gasteiger partial charge in [-0.3, -0.25) is 0 Å². The zero-order valence-corrected chi connectivity index (χ0v) is 8.88. The molecule has 1 aromatic carbocycles. The fraction of sp³-hybridized carbons (Fsp3) is 0.300. The summed E-state index contributed by atoms with van der Waals surface area (Å²) in [6.07, 6.45) is 0. The van der Waals surface area contributed by atoms with E-state index in [1.807, 2.05) is 0 Å². The molecular weight excluding hydrogens is 221 g/mol. The standard InChI is InChI=1S/C10H11ClFNO2/c1-10(12,9(14)15)6-13-8-4-2-7(11)3-5-8/h2-5,13H,6H2,1H3,(H,14,15). The number of rotatable bonds is 4. The van der Waals surface area contributed by atoms with Gasteiger partial charge in [-0.1, -0.05) is 11.6 Å². The predicted molar refractivity (Wildman–Crippen MR) is 57.1 cm³/mol. The minimum atomic E-state index is -2.28. The molecule has 0 amide bonds. The molecule has 0 heterocycles. The van der Waals surface area contributed by atoms with Gasteiger partial charge in [0, 0.05) is 10.7 Å². The summed E-state index contributed by atoms with van der Waals surface area (Å²) in [7, 11) is 0. The summed E-state index contributed by atoms with van der Waals surface area (Å²) in [6.45, 7) is 0.724. The summed E-state index contributed by atoms with van der Waals surface area (Å²) >= 11 is 5.66. The highest BCUT2D eigenvalue weighted by atomic mass is 35.5. The Morgan fingerprint density at radius 2 is 2.07 bits per heavy atom. The second-order valence-electron chi connectivity index (χ2n) is 3.36. The van der Waals surface area contributed by atoms with Crippen molar-refractivity contribution < 1.29 is 14.3 Å². The van der Waals surface area contributed by atoms with E-state index in [4.69, 9.17) is 16.7 Å². The second kappa shape index (κ2) is 4.49. The molecule has 0 saturated carbocycles. The molecule has 0 fully saturated rings. The van der Waals surface area contributed by atoms with Crippen LogP contribution in [0.5, 0.6) is 0 Å². The molecule has 1 atom stereocenters. The molecular formula is C10H11ClFNO2. The number of hydrogen-bond donors (Lipinski definition) is 2. The van der Waals surface area contributed by atoms with Crippen LogP contribution in [-0.2, 0) is 4.79 Å². The number of nitrogens with one attached hydrogen (secondary N) is 1. The zero-order chi connectivity index (χ0) is 11.5. The smallest absolute Gasteiger partial charge is 0.343 e. The first kappa shape index (κ1) is 11.8. The van der Waals surface area contributed by atoms with E-state index < -0.39 is 11.6 Å². The molecule has 1 rings (SSSR count). The van der Waals surface area contributed by atoms with E-state index in [2.05, 4.69) is 5.32 Å². The van der Waals surface area contributed by atoms with Crippen molar-refractivity contribution in [2.75, 3.05) is 11.9 Å². The third-order valence-corrected chi connectivity index (χ3v) is 2.17. The Hall–Kier alpha value is -1.29. The fourth-order valence-electron chi connectivity index (χ4n) is 0.911. The van der Waals surface area contributed by atoms with Crippen LogP contribution in [0.3, 0.4) is 0 Å². The van der Waals surface area contributed by atoms with Crippen LogP contribution in [0.25, 0.3) is 0 Å². The molecule has 0 aliphatic rings. The lowest BCUT2D eigenvalue weighted by Crippen LogP contribution is -2.37. The lowest BCUT2D eigenvalue weighted by Gasteiger charge is -2.16. The fourth-order valence-corrected chi connectivity index (χ4v) is 1.04. The molecule has 0 saturated heterocycles. The molecule has 0 aliphatic heterocycles. The summed E-state index contributed by atoms with van der Waals surface area (Å²) in [5.74, 6) is -1.48. The van der Waals surface area contributed by atoms with Crippen LogP contribution in [0.1, 0.15) is 6.92 Å². The van der Waals surface area contributed by atoms with Crippen LogP contribution in [0, 0.1) is 0 Å². The van der Waals surface area contributed by atoms with Crippen molar-refractivity contribution in [1.29, 1.82) is 0 Å². The third-order valence-electron chi connectivity index (χ3n) is 1.91. The average Bonchev–Trinajstić information content (AvgIpc) is 2.17. The molecule has 5 heteroatoms. The summed E-state index contributed by atoms with van der Waals surface area (Å²) < 4.78 is 13.3. The van der Waals surface area contributed by atoms with E-state index in [9.17, 15) is 9.18 Å². The first-order valence-corrected chi connectivity index (χ1v) is 4.71. The SMILES string of the molecule is CC(F)(CNc1ccc(Cl)cc1)C(=O)O. The van der Waals surface area contributed by atoms with Crippen molar-refractivity contribution in [2.24, 2.45) is 0 Å². The van der Waals surface area contributed by atoms with Gasteiger partial charge in [0.2, 0.25) is 5.67 Å². The van der Waals surface area contributed by atoms with Crippen molar-refractivity contribution in [3.8, 4) is 0 Å². The van der Waals surface area contributed by atoms with Gasteiger partial charge < -0.3 is 10.4 Å². The van der Waals surface area contributed by atoms with E-state index in [-0.39, 0.29) is 6.54 Å². The monoisotopic (exact) mass is 231 g/mol. The molecule has 1 aromatic rings. The Balaban J connectivity index is 2.57. The minimum absolute atomic E-state index is 0.288. The van der Waals surface area contributed by atoms with Crippen molar-refractivity contribution in [1.82, 2.24) is 0 Å². The molecule has 0 aliphatic carbocycles. The number of carbonyl (C=O) groups is 1. The van der Waals surface area contributed by atoms with Gasteiger partial charge in [0.1, 0.15) is 0 Å². The molecule has 3 nitrogen and oxygen atoms in total. The van der Waals surface area contributed by atoms with Crippen molar-refractivity contribution >= 4 is 23.3 Å². The number of hydrogen-bond acceptors (Lipinski definition) is 2. The molecule has 2 N–H and O–H groups in total. The van der Waals surface area contributed by atoms with Crippen LogP contribution in [0.2, 0.25) is 5.02 Å². The highest BCUT2D eigenvalue weighted by molar-refractivity contribution is 6.30. The Morgan fingerprint density at radius 1 is 1.53 bits per heavy atom. The largest absolute Gasteiger partial charge is 0.479 e. The number of carboxylic acids is 1. The van der Waals surface area contributed by atoms with E-state index in [0.717, 1.165) is 6.92 Å². The van der Waals surface area contributed by atoms with Gasteiger partial charge in [-0.15, -0.1) is 0 Å². The van der Waals surface area contributed by atoms with Gasteiger partial charge in [-0.25, -0.2) is 9.18 Å². The highest BCUT2D eigenvalue weighted by Gasteiger charge is 2.32. The Bertz CT molecular complexity index is 351. The van der Waals surface area contributed by atoms with Gasteiger partial charge in [-0.05, 0) is 31.2 Å². The minimum Gasteiger partial charge on any atom is -0.479 e. The predicted octanol–water partition coefficient (Wildman–Crippen LogP) is 2.56. The lowest BCUT2D eigenvalue weighted by molar-refractivity contribution is -0.148. The van der Waals surface area contributed by atoms with Crippen LogP contribution < -0.4 is 5.32 Å². The van der Waals surface area contributed by atoms with Crippen LogP contribution in [0.4, 0.5) is 10.1 Å². The summed E-state index contributed by atoms with van der Waals surface area (Å²) in [5, 5.41) is 11.8. The molecule has 0 spiro atoms. The third kappa shape index (κ3) is 3.40. The Labute approximate surface area is 91.9 Å². The maximum Gasteiger partial charge on any atom is 0.343 e. The van der Waals surface area contributed by atoms with Crippen molar-refractivity contribution in [3.05, 3.63) is 29.3 Å². The molecule has 15 heavy (non-hydrogen) atoms. The van der Waals surface area contributed by atoms with Gasteiger partial charge in [-0.2, -0.15) is 0 Å². The molecule has 1 unspecified atom stereocenters. The van der Waals surface area contributed by atoms with E-state index in [1.165, 1.54) is 0 Å².